The molecule has 0 aliphatic carbocycles. The van der Waals surface area contributed by atoms with Crippen LogP contribution < -0.4 is 5.73 Å². The van der Waals surface area contributed by atoms with Crippen molar-refractivity contribution in [2.75, 3.05) is 33.0 Å². The van der Waals surface area contributed by atoms with Crippen molar-refractivity contribution in [2.24, 2.45) is 5.73 Å². The molecule has 0 unspecified atom stereocenters. The predicted molar refractivity (Wildman–Crippen MR) is 56.8 cm³/mol. The second-order valence-electron chi connectivity index (χ2n) is 4.43. The lowest BCUT2D eigenvalue weighted by Gasteiger charge is -2.40. The van der Waals surface area contributed by atoms with Gasteiger partial charge in [-0.15, -0.1) is 0 Å². The Kier molecular flexibility index (Phi) is 3.97. The van der Waals surface area contributed by atoms with E-state index in [0.29, 0.717) is 12.6 Å². The summed E-state index contributed by atoms with van der Waals surface area (Å²) in [7, 11) is 0. The van der Waals surface area contributed by atoms with Crippen LogP contribution >= 0.6 is 0 Å². The fraction of sp³-hybridized carbons (Fsp3) is 1.00. The Bertz CT molecular complexity index is 186. The maximum atomic E-state index is 6.18. The first-order valence-electron chi connectivity index (χ1n) is 5.88. The zero-order chi connectivity index (χ0) is 10.6. The van der Waals surface area contributed by atoms with Crippen LogP contribution in [0, 0.1) is 0 Å². The first-order valence-corrected chi connectivity index (χ1v) is 5.88. The largest absolute Gasteiger partial charge is 0.381 e. The topological polar surface area (TPSA) is 53.7 Å². The van der Waals surface area contributed by atoms with Crippen molar-refractivity contribution in [3.63, 3.8) is 0 Å². The lowest BCUT2D eigenvalue weighted by Crippen LogP contribution is -2.48. The van der Waals surface area contributed by atoms with Crippen molar-refractivity contribution in [3.05, 3.63) is 0 Å². The average molecular weight is 215 g/mol. The van der Waals surface area contributed by atoms with Gasteiger partial charge in [-0.25, -0.2) is 0 Å². The number of hydrogen-bond donors (Lipinski definition) is 1. The Hall–Kier alpha value is -0.160. The first kappa shape index (κ1) is 11.3. The lowest BCUT2D eigenvalue weighted by molar-refractivity contribution is -0.157. The molecule has 4 nitrogen and oxygen atoms in total. The van der Waals surface area contributed by atoms with E-state index in [9.17, 15) is 0 Å². The molecule has 15 heavy (non-hydrogen) atoms. The van der Waals surface area contributed by atoms with E-state index in [2.05, 4.69) is 0 Å². The molecular weight excluding hydrogens is 194 g/mol. The molecule has 0 spiro atoms. The highest BCUT2D eigenvalue weighted by atomic mass is 16.5. The highest BCUT2D eigenvalue weighted by Gasteiger charge is 2.35. The molecule has 0 bridgehead atoms. The summed E-state index contributed by atoms with van der Waals surface area (Å²) in [6.45, 7) is 3.80. The van der Waals surface area contributed by atoms with E-state index in [1.165, 1.54) is 0 Å². The third-order valence-electron chi connectivity index (χ3n) is 3.36. The minimum absolute atomic E-state index is 0.125. The maximum absolute atomic E-state index is 6.18. The van der Waals surface area contributed by atoms with Gasteiger partial charge in [0.2, 0.25) is 0 Å². The van der Waals surface area contributed by atoms with Gasteiger partial charge >= 0.3 is 0 Å². The summed E-state index contributed by atoms with van der Waals surface area (Å²) in [4.78, 5) is 0. The Balaban J connectivity index is 1.87. The lowest BCUT2D eigenvalue weighted by atomic mass is 9.93. The van der Waals surface area contributed by atoms with E-state index < -0.39 is 0 Å². The molecule has 4 heteroatoms. The van der Waals surface area contributed by atoms with Gasteiger partial charge in [0.1, 0.15) is 0 Å². The summed E-state index contributed by atoms with van der Waals surface area (Å²) in [6, 6.07) is 0. The van der Waals surface area contributed by atoms with Crippen LogP contribution in [0.3, 0.4) is 0 Å². The van der Waals surface area contributed by atoms with Crippen LogP contribution in [0.25, 0.3) is 0 Å². The number of ether oxygens (including phenoxy) is 3. The molecule has 2 saturated heterocycles. The van der Waals surface area contributed by atoms with Crippen molar-refractivity contribution in [3.8, 4) is 0 Å². The molecule has 0 saturated carbocycles. The third kappa shape index (κ3) is 2.91. The fourth-order valence-electron chi connectivity index (χ4n) is 2.26. The Morgan fingerprint density at radius 2 is 1.67 bits per heavy atom. The van der Waals surface area contributed by atoms with Crippen LogP contribution in [0.2, 0.25) is 0 Å². The SMILES string of the molecule is NCC1(OC2CCOCC2)CCOCC1. The molecule has 0 aromatic heterocycles. The van der Waals surface area contributed by atoms with E-state index >= 15 is 0 Å². The van der Waals surface area contributed by atoms with E-state index in [0.717, 1.165) is 52.1 Å². The number of hydrogen-bond acceptors (Lipinski definition) is 4. The molecule has 0 aromatic rings. The summed E-state index contributed by atoms with van der Waals surface area (Å²) in [6.07, 6.45) is 4.20. The Morgan fingerprint density at radius 3 is 2.27 bits per heavy atom. The molecule has 2 rings (SSSR count). The minimum atomic E-state index is -0.125. The van der Waals surface area contributed by atoms with Crippen molar-refractivity contribution < 1.29 is 14.2 Å². The second kappa shape index (κ2) is 5.25. The summed E-state index contributed by atoms with van der Waals surface area (Å²) in [5.41, 5.74) is 5.72. The van der Waals surface area contributed by atoms with E-state index in [4.69, 9.17) is 19.9 Å². The quantitative estimate of drug-likeness (QED) is 0.752. The van der Waals surface area contributed by atoms with Crippen molar-refractivity contribution in [1.82, 2.24) is 0 Å². The summed E-state index contributed by atoms with van der Waals surface area (Å²) in [5.74, 6) is 0. The van der Waals surface area contributed by atoms with Gasteiger partial charge in [-0.3, -0.25) is 0 Å². The standard InChI is InChI=1S/C11H21NO3/c12-9-11(3-7-14-8-4-11)15-10-1-5-13-6-2-10/h10H,1-9,12H2. The average Bonchev–Trinajstić information content (AvgIpc) is 2.32. The second-order valence-corrected chi connectivity index (χ2v) is 4.43. The van der Waals surface area contributed by atoms with Crippen LogP contribution in [0.1, 0.15) is 25.7 Å². The molecule has 0 aromatic carbocycles. The van der Waals surface area contributed by atoms with Crippen LogP contribution in [0.15, 0.2) is 0 Å². The molecule has 2 heterocycles. The molecule has 88 valence electrons. The van der Waals surface area contributed by atoms with Crippen LogP contribution in [-0.2, 0) is 14.2 Å². The molecular formula is C11H21NO3. The zero-order valence-electron chi connectivity index (χ0n) is 9.24. The number of nitrogens with two attached hydrogens (primary N) is 1. The normalized spacial score (nSPS) is 27.8. The van der Waals surface area contributed by atoms with Gasteiger partial charge in [0.25, 0.3) is 0 Å². The minimum Gasteiger partial charge on any atom is -0.381 e. The molecule has 2 N–H and O–H groups in total. The number of rotatable bonds is 3. The first-order chi connectivity index (χ1) is 7.35. The van der Waals surface area contributed by atoms with Gasteiger partial charge in [0, 0.05) is 45.8 Å². The van der Waals surface area contributed by atoms with Gasteiger partial charge in [-0.05, 0) is 12.8 Å². The van der Waals surface area contributed by atoms with Crippen LogP contribution in [-0.4, -0.2) is 44.7 Å². The van der Waals surface area contributed by atoms with E-state index in [1.54, 1.807) is 0 Å². The van der Waals surface area contributed by atoms with E-state index in [1.807, 2.05) is 0 Å². The van der Waals surface area contributed by atoms with Gasteiger partial charge in [0.15, 0.2) is 0 Å². The van der Waals surface area contributed by atoms with Gasteiger partial charge in [-0.1, -0.05) is 0 Å². The Labute approximate surface area is 91.1 Å². The maximum Gasteiger partial charge on any atom is 0.0851 e. The van der Waals surface area contributed by atoms with Gasteiger partial charge in [-0.2, -0.15) is 0 Å². The van der Waals surface area contributed by atoms with Gasteiger partial charge < -0.3 is 19.9 Å². The summed E-state index contributed by atoms with van der Waals surface area (Å²) >= 11 is 0. The summed E-state index contributed by atoms with van der Waals surface area (Å²) < 4.78 is 16.9. The molecule has 2 fully saturated rings. The predicted octanol–water partition coefficient (Wildman–Crippen LogP) is 0.690. The highest BCUT2D eigenvalue weighted by Crippen LogP contribution is 2.28. The molecule has 0 amide bonds. The van der Waals surface area contributed by atoms with Crippen LogP contribution in [0.5, 0.6) is 0 Å². The Morgan fingerprint density at radius 1 is 1.07 bits per heavy atom. The molecule has 2 aliphatic heterocycles. The van der Waals surface area contributed by atoms with Crippen molar-refractivity contribution >= 4 is 0 Å². The smallest absolute Gasteiger partial charge is 0.0851 e. The van der Waals surface area contributed by atoms with E-state index in [-0.39, 0.29) is 5.60 Å². The third-order valence-corrected chi connectivity index (χ3v) is 3.36. The fourth-order valence-corrected chi connectivity index (χ4v) is 2.26. The molecule has 2 aliphatic rings. The summed E-state index contributed by atoms with van der Waals surface area (Å²) in [5, 5.41) is 0. The molecule has 0 atom stereocenters. The zero-order valence-corrected chi connectivity index (χ0v) is 9.24. The van der Waals surface area contributed by atoms with Crippen molar-refractivity contribution in [1.29, 1.82) is 0 Å². The van der Waals surface area contributed by atoms with Gasteiger partial charge in [0.05, 0.1) is 11.7 Å². The van der Waals surface area contributed by atoms with Crippen molar-refractivity contribution in [2.45, 2.75) is 37.4 Å². The highest BCUT2D eigenvalue weighted by molar-refractivity contribution is 4.86. The van der Waals surface area contributed by atoms with Crippen LogP contribution in [0.4, 0.5) is 0 Å². The monoisotopic (exact) mass is 215 g/mol. The molecule has 0 radical (unpaired) electrons.